The third kappa shape index (κ3) is 3.24. The van der Waals surface area contributed by atoms with Crippen LogP contribution in [0.3, 0.4) is 0 Å². The number of nitrogens with one attached hydrogen (secondary N) is 3. The van der Waals surface area contributed by atoms with Crippen LogP contribution < -0.4 is 10.2 Å². The summed E-state index contributed by atoms with van der Waals surface area (Å²) < 4.78 is 0. The van der Waals surface area contributed by atoms with Crippen molar-refractivity contribution >= 4 is 23.1 Å². The van der Waals surface area contributed by atoms with Gasteiger partial charge in [0.15, 0.2) is 5.82 Å². The summed E-state index contributed by atoms with van der Waals surface area (Å²) >= 11 is 1.70. The van der Waals surface area contributed by atoms with Gasteiger partial charge in [-0.2, -0.15) is 10.2 Å². The second-order valence-corrected chi connectivity index (χ2v) is 7.61. The van der Waals surface area contributed by atoms with Gasteiger partial charge in [0.05, 0.1) is 21.8 Å². The lowest BCUT2D eigenvalue weighted by Gasteiger charge is -2.32. The highest BCUT2D eigenvalue weighted by Crippen LogP contribution is 2.27. The molecular formula is C18H22N6OS. The van der Waals surface area contributed by atoms with Crippen LogP contribution in [0.4, 0.5) is 5.82 Å². The highest BCUT2D eigenvalue weighted by atomic mass is 32.1. The molecule has 0 bridgehead atoms. The summed E-state index contributed by atoms with van der Waals surface area (Å²) in [7, 11) is 0. The van der Waals surface area contributed by atoms with Crippen molar-refractivity contribution in [2.45, 2.75) is 32.7 Å². The van der Waals surface area contributed by atoms with Crippen molar-refractivity contribution in [2.75, 3.05) is 18.0 Å². The van der Waals surface area contributed by atoms with E-state index in [1.54, 1.807) is 11.3 Å². The van der Waals surface area contributed by atoms with E-state index in [0.29, 0.717) is 5.56 Å². The summed E-state index contributed by atoms with van der Waals surface area (Å²) in [4.78, 5) is 16.0. The lowest BCUT2D eigenvalue weighted by Crippen LogP contribution is -2.45. The molecule has 0 aromatic carbocycles. The molecule has 1 aliphatic heterocycles. The van der Waals surface area contributed by atoms with Gasteiger partial charge < -0.3 is 10.2 Å². The molecule has 4 rings (SSSR count). The molecule has 1 fully saturated rings. The Morgan fingerprint density at radius 2 is 2.08 bits per heavy atom. The van der Waals surface area contributed by atoms with E-state index in [0.717, 1.165) is 48.8 Å². The van der Waals surface area contributed by atoms with E-state index < -0.39 is 0 Å². The summed E-state index contributed by atoms with van der Waals surface area (Å²) in [5.74, 6) is 0.937. The summed E-state index contributed by atoms with van der Waals surface area (Å²) in [5.41, 5.74) is 3.28. The summed E-state index contributed by atoms with van der Waals surface area (Å²) in [6.07, 6.45) is 1.81. The first-order valence-corrected chi connectivity index (χ1v) is 9.66. The van der Waals surface area contributed by atoms with Crippen LogP contribution in [-0.4, -0.2) is 45.4 Å². The number of carbonyl (C=O) groups is 1. The lowest BCUT2D eigenvalue weighted by molar-refractivity contribution is 0.0930. The Hall–Kier alpha value is -2.61. The Morgan fingerprint density at radius 1 is 1.27 bits per heavy atom. The second kappa shape index (κ2) is 6.95. The molecule has 1 saturated heterocycles. The van der Waals surface area contributed by atoms with Crippen molar-refractivity contribution < 1.29 is 4.79 Å². The SMILES string of the molecule is Cc1n[nH]c(C)c1C(=O)NC1CCN(c2cc(-c3cccs3)[nH]n2)CC1. The number of aromatic nitrogens is 4. The van der Waals surface area contributed by atoms with Crippen LogP contribution in [-0.2, 0) is 0 Å². The smallest absolute Gasteiger partial charge is 0.255 e. The topological polar surface area (TPSA) is 89.7 Å². The maximum absolute atomic E-state index is 12.5. The fourth-order valence-electron chi connectivity index (χ4n) is 3.43. The predicted molar refractivity (Wildman–Crippen MR) is 103 cm³/mol. The molecule has 3 aromatic rings. The normalized spacial score (nSPS) is 15.4. The minimum absolute atomic E-state index is 0.0352. The number of H-pyrrole nitrogens is 2. The van der Waals surface area contributed by atoms with Crippen molar-refractivity contribution in [3.8, 4) is 10.6 Å². The molecule has 8 heteroatoms. The van der Waals surface area contributed by atoms with Gasteiger partial charge in [-0.3, -0.25) is 15.0 Å². The molecule has 136 valence electrons. The van der Waals surface area contributed by atoms with E-state index in [4.69, 9.17) is 0 Å². The van der Waals surface area contributed by atoms with Crippen molar-refractivity contribution in [2.24, 2.45) is 0 Å². The Morgan fingerprint density at radius 3 is 2.73 bits per heavy atom. The van der Waals surface area contributed by atoms with Crippen molar-refractivity contribution in [1.29, 1.82) is 0 Å². The number of piperidine rings is 1. The van der Waals surface area contributed by atoms with Crippen LogP contribution in [0.5, 0.6) is 0 Å². The minimum Gasteiger partial charge on any atom is -0.355 e. The summed E-state index contributed by atoms with van der Waals surface area (Å²) in [6, 6.07) is 6.41. The Labute approximate surface area is 155 Å². The van der Waals surface area contributed by atoms with Gasteiger partial charge in [0.1, 0.15) is 0 Å². The first-order valence-electron chi connectivity index (χ1n) is 8.78. The van der Waals surface area contributed by atoms with Gasteiger partial charge in [-0.15, -0.1) is 11.3 Å². The van der Waals surface area contributed by atoms with Crippen LogP contribution >= 0.6 is 11.3 Å². The van der Waals surface area contributed by atoms with Gasteiger partial charge in [-0.25, -0.2) is 0 Å². The number of amides is 1. The first-order chi connectivity index (χ1) is 12.6. The molecule has 0 aliphatic carbocycles. The van der Waals surface area contributed by atoms with Gasteiger partial charge in [-0.05, 0) is 38.1 Å². The number of aromatic amines is 2. The fraction of sp³-hybridized carbons (Fsp3) is 0.389. The standard InChI is InChI=1S/C18H22N6OS/c1-11-17(12(2)21-20-11)18(25)19-13-5-7-24(8-6-13)16-10-14(22-23-16)15-4-3-9-26-15/h3-4,9-10,13H,5-8H2,1-2H3,(H,19,25)(H,20,21)(H,22,23). The number of anilines is 1. The predicted octanol–water partition coefficient (Wildman–Crippen LogP) is 2.88. The molecule has 0 atom stereocenters. The van der Waals surface area contributed by atoms with Gasteiger partial charge in [0.2, 0.25) is 0 Å². The third-order valence-corrected chi connectivity index (χ3v) is 5.76. The molecule has 1 amide bonds. The molecule has 3 N–H and O–H groups in total. The molecule has 26 heavy (non-hydrogen) atoms. The van der Waals surface area contributed by atoms with E-state index in [2.05, 4.69) is 48.1 Å². The Bertz CT molecular complexity index is 869. The molecule has 0 saturated carbocycles. The quantitative estimate of drug-likeness (QED) is 0.659. The van der Waals surface area contributed by atoms with E-state index in [-0.39, 0.29) is 11.9 Å². The second-order valence-electron chi connectivity index (χ2n) is 6.66. The summed E-state index contributed by atoms with van der Waals surface area (Å²) in [6.45, 7) is 5.48. The average molecular weight is 370 g/mol. The number of rotatable bonds is 4. The molecule has 0 spiro atoms. The van der Waals surface area contributed by atoms with Crippen LogP contribution in [0.25, 0.3) is 10.6 Å². The van der Waals surface area contributed by atoms with Crippen LogP contribution in [0.1, 0.15) is 34.6 Å². The van der Waals surface area contributed by atoms with E-state index in [9.17, 15) is 4.79 Å². The number of hydrogen-bond donors (Lipinski definition) is 3. The summed E-state index contributed by atoms with van der Waals surface area (Å²) in [5, 5.41) is 19.8. The largest absolute Gasteiger partial charge is 0.355 e. The molecule has 4 heterocycles. The van der Waals surface area contributed by atoms with Gasteiger partial charge in [-0.1, -0.05) is 6.07 Å². The monoisotopic (exact) mass is 370 g/mol. The molecule has 0 radical (unpaired) electrons. The first kappa shape index (κ1) is 16.8. The van der Waals surface area contributed by atoms with Gasteiger partial charge in [0.25, 0.3) is 5.91 Å². The van der Waals surface area contributed by atoms with Crippen LogP contribution in [0.2, 0.25) is 0 Å². The van der Waals surface area contributed by atoms with Crippen molar-refractivity contribution in [3.05, 3.63) is 40.5 Å². The number of thiophene rings is 1. The van der Waals surface area contributed by atoms with Crippen LogP contribution in [0, 0.1) is 13.8 Å². The van der Waals surface area contributed by atoms with Gasteiger partial charge >= 0.3 is 0 Å². The zero-order valence-electron chi connectivity index (χ0n) is 14.9. The average Bonchev–Trinajstić information content (AvgIpc) is 3.36. The van der Waals surface area contributed by atoms with E-state index in [1.165, 1.54) is 4.88 Å². The van der Waals surface area contributed by atoms with Crippen LogP contribution in [0.15, 0.2) is 23.6 Å². The Balaban J connectivity index is 1.35. The van der Waals surface area contributed by atoms with Crippen molar-refractivity contribution in [1.82, 2.24) is 25.7 Å². The number of hydrogen-bond acceptors (Lipinski definition) is 5. The third-order valence-electron chi connectivity index (χ3n) is 4.86. The highest BCUT2D eigenvalue weighted by Gasteiger charge is 2.24. The number of aryl methyl sites for hydroxylation is 2. The maximum Gasteiger partial charge on any atom is 0.255 e. The number of nitrogens with zero attached hydrogens (tertiary/aromatic N) is 3. The molecule has 3 aromatic heterocycles. The van der Waals surface area contributed by atoms with Crippen molar-refractivity contribution in [3.63, 3.8) is 0 Å². The number of carbonyl (C=O) groups excluding carboxylic acids is 1. The highest BCUT2D eigenvalue weighted by molar-refractivity contribution is 7.13. The Kier molecular flexibility index (Phi) is 4.50. The van der Waals surface area contributed by atoms with E-state index >= 15 is 0 Å². The zero-order chi connectivity index (χ0) is 18.1. The molecule has 0 unspecified atom stereocenters. The van der Waals surface area contributed by atoms with Gasteiger partial charge in [0, 0.05) is 30.9 Å². The minimum atomic E-state index is -0.0352. The molecule has 1 aliphatic rings. The van der Waals surface area contributed by atoms with E-state index in [1.807, 2.05) is 19.9 Å². The lowest BCUT2D eigenvalue weighted by atomic mass is 10.0. The zero-order valence-corrected chi connectivity index (χ0v) is 15.7. The molecule has 7 nitrogen and oxygen atoms in total. The molecular weight excluding hydrogens is 348 g/mol. The maximum atomic E-state index is 12.5. The fourth-order valence-corrected chi connectivity index (χ4v) is 4.12.